The van der Waals surface area contributed by atoms with Gasteiger partial charge in [0.05, 0.1) is 6.61 Å². The number of ether oxygens (including phenoxy) is 1. The van der Waals surface area contributed by atoms with Crippen molar-refractivity contribution in [1.82, 2.24) is 4.90 Å². The summed E-state index contributed by atoms with van der Waals surface area (Å²) in [6.45, 7) is 8.09. The largest absolute Gasteiger partial charge is 0.450 e. The highest BCUT2D eigenvalue weighted by molar-refractivity contribution is 5.67. The van der Waals surface area contributed by atoms with E-state index in [4.69, 9.17) is 4.74 Å². The number of anilines is 1. The Kier molecular flexibility index (Phi) is 4.88. The lowest BCUT2D eigenvalue weighted by molar-refractivity contribution is 0.0983. The van der Waals surface area contributed by atoms with Crippen molar-refractivity contribution in [3.05, 3.63) is 29.3 Å². The summed E-state index contributed by atoms with van der Waals surface area (Å²) in [5.74, 6) is 0. The summed E-state index contributed by atoms with van der Waals surface area (Å²) in [6.07, 6.45) is 1.75. The third kappa shape index (κ3) is 3.44. The lowest BCUT2D eigenvalue weighted by Crippen LogP contribution is -2.42. The van der Waals surface area contributed by atoms with E-state index in [2.05, 4.69) is 37.4 Å². The lowest BCUT2D eigenvalue weighted by Gasteiger charge is -2.32. The van der Waals surface area contributed by atoms with E-state index in [1.165, 1.54) is 16.8 Å². The number of hydrogen-bond acceptors (Lipinski definition) is 3. The minimum absolute atomic E-state index is 0.183. The number of carbonyl (C=O) groups excluding carboxylic acids is 1. The highest BCUT2D eigenvalue weighted by Gasteiger charge is 2.23. The van der Waals surface area contributed by atoms with E-state index in [-0.39, 0.29) is 6.09 Å². The first-order chi connectivity index (χ1) is 9.61. The minimum Gasteiger partial charge on any atom is -0.450 e. The van der Waals surface area contributed by atoms with E-state index in [1.54, 1.807) is 4.90 Å². The summed E-state index contributed by atoms with van der Waals surface area (Å²) >= 11 is 0. The Balaban J connectivity index is 1.88. The molecule has 1 heterocycles. The molecule has 1 aromatic carbocycles. The molecule has 0 atom stereocenters. The first-order valence-corrected chi connectivity index (χ1v) is 7.36. The second-order valence-corrected chi connectivity index (χ2v) is 5.35. The smallest absolute Gasteiger partial charge is 0.409 e. The van der Waals surface area contributed by atoms with Gasteiger partial charge in [-0.2, -0.15) is 0 Å². The van der Waals surface area contributed by atoms with Gasteiger partial charge in [-0.05, 0) is 50.8 Å². The van der Waals surface area contributed by atoms with Gasteiger partial charge >= 0.3 is 6.09 Å². The molecular weight excluding hydrogens is 252 g/mol. The van der Waals surface area contributed by atoms with Crippen LogP contribution in [0.15, 0.2) is 18.2 Å². The van der Waals surface area contributed by atoms with Gasteiger partial charge in [-0.25, -0.2) is 4.79 Å². The molecule has 4 nitrogen and oxygen atoms in total. The van der Waals surface area contributed by atoms with Crippen LogP contribution in [-0.4, -0.2) is 36.7 Å². The summed E-state index contributed by atoms with van der Waals surface area (Å²) < 4.78 is 5.04. The second kappa shape index (κ2) is 6.64. The van der Waals surface area contributed by atoms with Crippen molar-refractivity contribution in [2.24, 2.45) is 0 Å². The Hall–Kier alpha value is -1.71. The van der Waals surface area contributed by atoms with Crippen LogP contribution in [0.4, 0.5) is 10.5 Å². The second-order valence-electron chi connectivity index (χ2n) is 5.35. The molecule has 20 heavy (non-hydrogen) atoms. The molecule has 1 N–H and O–H groups in total. The number of aryl methyl sites for hydroxylation is 1. The number of nitrogens with one attached hydrogen (secondary N) is 1. The van der Waals surface area contributed by atoms with Crippen molar-refractivity contribution in [1.29, 1.82) is 0 Å². The summed E-state index contributed by atoms with van der Waals surface area (Å²) in [5, 5.41) is 3.60. The van der Waals surface area contributed by atoms with Crippen LogP contribution < -0.4 is 5.32 Å². The molecule has 1 aromatic rings. The zero-order valence-electron chi connectivity index (χ0n) is 12.6. The highest BCUT2D eigenvalue weighted by atomic mass is 16.6. The van der Waals surface area contributed by atoms with Crippen LogP contribution in [0.3, 0.4) is 0 Å². The maximum absolute atomic E-state index is 11.6. The Bertz CT molecular complexity index is 466. The quantitative estimate of drug-likeness (QED) is 0.920. The predicted molar refractivity (Wildman–Crippen MR) is 81.2 cm³/mol. The number of amides is 1. The molecule has 1 amide bonds. The number of benzene rings is 1. The van der Waals surface area contributed by atoms with E-state index < -0.39 is 0 Å². The fourth-order valence-electron chi connectivity index (χ4n) is 2.55. The molecule has 0 radical (unpaired) electrons. The van der Waals surface area contributed by atoms with Gasteiger partial charge in [0.1, 0.15) is 0 Å². The Labute approximate surface area is 121 Å². The first-order valence-electron chi connectivity index (χ1n) is 7.36. The van der Waals surface area contributed by atoms with Crippen LogP contribution in [0.5, 0.6) is 0 Å². The van der Waals surface area contributed by atoms with Gasteiger partial charge in [0, 0.05) is 24.8 Å². The van der Waals surface area contributed by atoms with Crippen molar-refractivity contribution >= 4 is 11.8 Å². The van der Waals surface area contributed by atoms with Gasteiger partial charge in [-0.1, -0.05) is 12.1 Å². The lowest BCUT2D eigenvalue weighted by atomic mass is 10.0. The van der Waals surface area contributed by atoms with Crippen LogP contribution in [0, 0.1) is 13.8 Å². The summed E-state index contributed by atoms with van der Waals surface area (Å²) in [7, 11) is 0. The van der Waals surface area contributed by atoms with Gasteiger partial charge < -0.3 is 15.0 Å². The number of hydrogen-bond donors (Lipinski definition) is 1. The third-order valence-electron chi connectivity index (χ3n) is 3.99. The molecule has 0 spiro atoms. The molecule has 4 heteroatoms. The Morgan fingerprint density at radius 3 is 2.70 bits per heavy atom. The minimum atomic E-state index is -0.183. The molecule has 1 aliphatic heterocycles. The van der Waals surface area contributed by atoms with Crippen LogP contribution >= 0.6 is 0 Å². The molecule has 1 fully saturated rings. The van der Waals surface area contributed by atoms with Gasteiger partial charge in [0.15, 0.2) is 0 Å². The SMILES string of the molecule is CCOC(=O)N1CCC(Nc2cccc(C)c2C)CC1. The Morgan fingerprint density at radius 1 is 1.35 bits per heavy atom. The molecule has 1 aliphatic rings. The van der Waals surface area contributed by atoms with Crippen LogP contribution in [0.1, 0.15) is 30.9 Å². The van der Waals surface area contributed by atoms with Crippen molar-refractivity contribution in [2.45, 2.75) is 39.7 Å². The number of rotatable bonds is 3. The molecule has 110 valence electrons. The van der Waals surface area contributed by atoms with E-state index in [1.807, 2.05) is 6.92 Å². The molecule has 0 aromatic heterocycles. The monoisotopic (exact) mass is 276 g/mol. The normalized spacial score (nSPS) is 16.1. The van der Waals surface area contributed by atoms with E-state index >= 15 is 0 Å². The number of nitrogens with zero attached hydrogens (tertiary/aromatic N) is 1. The summed E-state index contributed by atoms with van der Waals surface area (Å²) in [4.78, 5) is 13.4. The van der Waals surface area contributed by atoms with Gasteiger partial charge in [0.2, 0.25) is 0 Å². The van der Waals surface area contributed by atoms with Crippen LogP contribution in [-0.2, 0) is 4.74 Å². The molecule has 0 unspecified atom stereocenters. The maximum atomic E-state index is 11.6. The number of likely N-dealkylation sites (tertiary alicyclic amines) is 1. The van der Waals surface area contributed by atoms with E-state index in [0.717, 1.165) is 25.9 Å². The fraction of sp³-hybridized carbons (Fsp3) is 0.562. The van der Waals surface area contributed by atoms with Crippen LogP contribution in [0.25, 0.3) is 0 Å². The molecule has 2 rings (SSSR count). The van der Waals surface area contributed by atoms with Crippen molar-refractivity contribution in [2.75, 3.05) is 25.0 Å². The molecule has 0 aliphatic carbocycles. The zero-order valence-corrected chi connectivity index (χ0v) is 12.6. The zero-order chi connectivity index (χ0) is 14.5. The van der Waals surface area contributed by atoms with Gasteiger partial charge in [0.25, 0.3) is 0 Å². The topological polar surface area (TPSA) is 41.6 Å². The van der Waals surface area contributed by atoms with E-state index in [0.29, 0.717) is 12.6 Å². The summed E-state index contributed by atoms with van der Waals surface area (Å²) in [6, 6.07) is 6.77. The molecule has 1 saturated heterocycles. The number of carbonyl (C=O) groups is 1. The average molecular weight is 276 g/mol. The standard InChI is InChI=1S/C16H24N2O2/c1-4-20-16(19)18-10-8-14(9-11-18)17-15-7-5-6-12(2)13(15)3/h5-7,14,17H,4,8-11H2,1-3H3. The van der Waals surface area contributed by atoms with Crippen molar-refractivity contribution in [3.63, 3.8) is 0 Å². The van der Waals surface area contributed by atoms with Gasteiger partial charge in [-0.15, -0.1) is 0 Å². The van der Waals surface area contributed by atoms with Crippen molar-refractivity contribution < 1.29 is 9.53 Å². The van der Waals surface area contributed by atoms with E-state index in [9.17, 15) is 4.79 Å². The average Bonchev–Trinajstić information content (AvgIpc) is 2.45. The molecule has 0 saturated carbocycles. The Morgan fingerprint density at radius 2 is 2.05 bits per heavy atom. The molecular formula is C16H24N2O2. The maximum Gasteiger partial charge on any atom is 0.409 e. The predicted octanol–water partition coefficient (Wildman–Crippen LogP) is 3.34. The van der Waals surface area contributed by atoms with Crippen molar-refractivity contribution in [3.8, 4) is 0 Å². The molecule has 0 bridgehead atoms. The third-order valence-corrected chi connectivity index (χ3v) is 3.99. The fourth-order valence-corrected chi connectivity index (χ4v) is 2.55. The summed E-state index contributed by atoms with van der Waals surface area (Å²) in [5.41, 5.74) is 3.82. The number of piperidine rings is 1. The van der Waals surface area contributed by atoms with Gasteiger partial charge in [-0.3, -0.25) is 0 Å². The highest BCUT2D eigenvalue weighted by Crippen LogP contribution is 2.22. The van der Waals surface area contributed by atoms with Crippen LogP contribution in [0.2, 0.25) is 0 Å². The first kappa shape index (κ1) is 14.7.